The summed E-state index contributed by atoms with van der Waals surface area (Å²) in [4.78, 5) is 36.8. The van der Waals surface area contributed by atoms with E-state index >= 15 is 0 Å². The van der Waals surface area contributed by atoms with Gasteiger partial charge in [-0.2, -0.15) is 0 Å². The second kappa shape index (κ2) is 8.84. The van der Waals surface area contributed by atoms with E-state index in [1.807, 2.05) is 37.3 Å². The van der Waals surface area contributed by atoms with Crippen LogP contribution >= 0.6 is 0 Å². The van der Waals surface area contributed by atoms with Crippen LogP contribution in [0, 0.1) is 0 Å². The average molecular weight is 388 g/mol. The summed E-state index contributed by atoms with van der Waals surface area (Å²) in [7, 11) is 0. The number of rotatable bonds is 6. The number of nitrogens with one attached hydrogen (secondary N) is 2. The van der Waals surface area contributed by atoms with Gasteiger partial charge in [-0.25, -0.2) is 4.79 Å². The fourth-order valence-electron chi connectivity index (χ4n) is 2.95. The number of benzene rings is 3. The van der Waals surface area contributed by atoms with Crippen molar-refractivity contribution in [2.75, 3.05) is 5.32 Å². The first-order valence-corrected chi connectivity index (χ1v) is 9.06. The van der Waals surface area contributed by atoms with Crippen molar-refractivity contribution < 1.29 is 19.5 Å². The summed E-state index contributed by atoms with van der Waals surface area (Å²) in [6, 6.07) is 21.8. The van der Waals surface area contributed by atoms with Gasteiger partial charge in [0.25, 0.3) is 11.8 Å². The molecule has 3 aromatic rings. The lowest BCUT2D eigenvalue weighted by Gasteiger charge is -2.16. The molecule has 0 saturated heterocycles. The lowest BCUT2D eigenvalue weighted by Crippen LogP contribution is -2.28. The highest BCUT2D eigenvalue weighted by molar-refractivity contribution is 6.13. The first-order chi connectivity index (χ1) is 14.0. The van der Waals surface area contributed by atoms with E-state index in [1.54, 1.807) is 36.4 Å². The molecule has 0 fully saturated rings. The van der Waals surface area contributed by atoms with Crippen molar-refractivity contribution in [3.05, 3.63) is 101 Å². The Morgan fingerprint density at radius 1 is 0.724 bits per heavy atom. The number of para-hydroxylation sites is 1. The highest BCUT2D eigenvalue weighted by atomic mass is 16.4. The number of hydrogen-bond donors (Lipinski definition) is 3. The summed E-state index contributed by atoms with van der Waals surface area (Å²) in [5.41, 5.74) is 1.46. The van der Waals surface area contributed by atoms with E-state index in [4.69, 9.17) is 0 Å². The van der Waals surface area contributed by atoms with Gasteiger partial charge in [0, 0.05) is 0 Å². The van der Waals surface area contributed by atoms with Gasteiger partial charge in [-0.15, -0.1) is 0 Å². The van der Waals surface area contributed by atoms with E-state index < -0.39 is 11.9 Å². The molecular formula is C23H20N2O4. The van der Waals surface area contributed by atoms with Gasteiger partial charge in [-0.05, 0) is 36.8 Å². The fraction of sp³-hybridized carbons (Fsp3) is 0.0870. The summed E-state index contributed by atoms with van der Waals surface area (Å²) in [6.07, 6.45) is 0. The molecule has 0 radical (unpaired) electrons. The van der Waals surface area contributed by atoms with Gasteiger partial charge < -0.3 is 15.7 Å². The summed E-state index contributed by atoms with van der Waals surface area (Å²) >= 11 is 0. The number of amides is 2. The molecule has 3 N–H and O–H groups in total. The minimum absolute atomic E-state index is 0.0212. The number of carboxylic acids is 1. The number of hydrogen-bond acceptors (Lipinski definition) is 3. The molecule has 146 valence electrons. The third kappa shape index (κ3) is 4.68. The van der Waals surface area contributed by atoms with Crippen molar-refractivity contribution in [1.82, 2.24) is 5.32 Å². The minimum atomic E-state index is -1.20. The van der Waals surface area contributed by atoms with Gasteiger partial charge in [-0.1, -0.05) is 54.6 Å². The zero-order chi connectivity index (χ0) is 20.8. The minimum Gasteiger partial charge on any atom is -0.478 e. The Bertz CT molecular complexity index is 1050. The molecule has 6 nitrogen and oxygen atoms in total. The number of aromatic carboxylic acids is 1. The van der Waals surface area contributed by atoms with Crippen molar-refractivity contribution in [3.63, 3.8) is 0 Å². The molecule has 0 spiro atoms. The molecule has 29 heavy (non-hydrogen) atoms. The molecule has 6 heteroatoms. The lowest BCUT2D eigenvalue weighted by atomic mass is 10.1. The number of anilines is 1. The Kier molecular flexibility index (Phi) is 6.04. The van der Waals surface area contributed by atoms with Gasteiger partial charge in [0.2, 0.25) is 0 Å². The zero-order valence-corrected chi connectivity index (χ0v) is 15.8. The highest BCUT2D eigenvalue weighted by Gasteiger charge is 2.19. The molecular weight excluding hydrogens is 368 g/mol. The smallest absolute Gasteiger partial charge is 0.336 e. The first kappa shape index (κ1) is 19.8. The van der Waals surface area contributed by atoms with Crippen LogP contribution in [-0.2, 0) is 0 Å². The van der Waals surface area contributed by atoms with E-state index in [2.05, 4.69) is 10.6 Å². The maximum Gasteiger partial charge on any atom is 0.336 e. The Morgan fingerprint density at radius 3 is 1.93 bits per heavy atom. The Hall–Kier alpha value is -3.93. The van der Waals surface area contributed by atoms with Crippen molar-refractivity contribution in [3.8, 4) is 0 Å². The standard InChI is InChI=1S/C23H20N2O4/c1-15(16-9-3-2-4-10-16)24-22(27)19-13-7-8-14-20(19)25-21(26)17-11-5-6-12-18(17)23(28)29/h2-15H,1H3,(H,24,27)(H,25,26)(H,28,29). The predicted octanol–water partition coefficient (Wildman–Crippen LogP) is 4.13. The Balaban J connectivity index is 1.81. The quantitative estimate of drug-likeness (QED) is 0.592. The molecule has 0 bridgehead atoms. The third-order valence-corrected chi connectivity index (χ3v) is 4.47. The summed E-state index contributed by atoms with van der Waals surface area (Å²) in [6.45, 7) is 1.87. The van der Waals surface area contributed by atoms with Crippen LogP contribution in [0.15, 0.2) is 78.9 Å². The molecule has 0 aliphatic heterocycles. The van der Waals surface area contributed by atoms with Crippen LogP contribution in [0.3, 0.4) is 0 Å². The van der Waals surface area contributed by atoms with Crippen LogP contribution in [0.25, 0.3) is 0 Å². The van der Waals surface area contributed by atoms with Crippen molar-refractivity contribution in [2.45, 2.75) is 13.0 Å². The maximum absolute atomic E-state index is 12.8. The van der Waals surface area contributed by atoms with E-state index in [9.17, 15) is 19.5 Å². The monoisotopic (exact) mass is 388 g/mol. The highest BCUT2D eigenvalue weighted by Crippen LogP contribution is 2.20. The van der Waals surface area contributed by atoms with Crippen molar-refractivity contribution in [2.24, 2.45) is 0 Å². The second-order valence-electron chi connectivity index (χ2n) is 6.46. The van der Waals surface area contributed by atoms with Gasteiger partial charge in [0.05, 0.1) is 28.4 Å². The van der Waals surface area contributed by atoms with Crippen molar-refractivity contribution in [1.29, 1.82) is 0 Å². The van der Waals surface area contributed by atoms with Crippen LogP contribution in [0.2, 0.25) is 0 Å². The van der Waals surface area contributed by atoms with Crippen LogP contribution in [0.1, 0.15) is 49.6 Å². The van der Waals surface area contributed by atoms with Gasteiger partial charge in [0.1, 0.15) is 0 Å². The maximum atomic E-state index is 12.8. The van der Waals surface area contributed by atoms with Gasteiger partial charge in [-0.3, -0.25) is 9.59 Å². The largest absolute Gasteiger partial charge is 0.478 e. The number of carboxylic acid groups (broad SMARTS) is 1. The fourth-order valence-corrected chi connectivity index (χ4v) is 2.95. The second-order valence-corrected chi connectivity index (χ2v) is 6.46. The molecule has 2 amide bonds. The molecule has 0 aliphatic rings. The van der Waals surface area contributed by atoms with E-state index in [0.29, 0.717) is 5.69 Å². The van der Waals surface area contributed by atoms with E-state index in [0.717, 1.165) is 5.56 Å². The van der Waals surface area contributed by atoms with Crippen LogP contribution in [0.5, 0.6) is 0 Å². The normalized spacial score (nSPS) is 11.3. The lowest BCUT2D eigenvalue weighted by molar-refractivity contribution is 0.0692. The van der Waals surface area contributed by atoms with Gasteiger partial charge >= 0.3 is 5.97 Å². The topological polar surface area (TPSA) is 95.5 Å². The molecule has 0 aromatic heterocycles. The summed E-state index contributed by atoms with van der Waals surface area (Å²) in [5, 5.41) is 14.9. The molecule has 0 heterocycles. The Morgan fingerprint density at radius 2 is 1.28 bits per heavy atom. The van der Waals surface area contributed by atoms with Crippen molar-refractivity contribution >= 4 is 23.5 Å². The van der Waals surface area contributed by atoms with Crippen LogP contribution in [-0.4, -0.2) is 22.9 Å². The molecule has 0 aliphatic carbocycles. The van der Waals surface area contributed by atoms with Crippen LogP contribution in [0.4, 0.5) is 5.69 Å². The average Bonchev–Trinajstić information content (AvgIpc) is 2.74. The molecule has 0 saturated carbocycles. The number of carbonyl (C=O) groups excluding carboxylic acids is 2. The first-order valence-electron chi connectivity index (χ1n) is 9.06. The predicted molar refractivity (Wildman–Crippen MR) is 110 cm³/mol. The van der Waals surface area contributed by atoms with E-state index in [1.165, 1.54) is 12.1 Å². The summed E-state index contributed by atoms with van der Waals surface area (Å²) in [5.74, 6) is -2.14. The van der Waals surface area contributed by atoms with Gasteiger partial charge in [0.15, 0.2) is 0 Å². The SMILES string of the molecule is CC(NC(=O)c1ccccc1NC(=O)c1ccccc1C(=O)O)c1ccccc1. The number of carbonyl (C=O) groups is 3. The molecule has 3 aromatic carbocycles. The van der Waals surface area contributed by atoms with Crippen LogP contribution < -0.4 is 10.6 Å². The molecule has 1 atom stereocenters. The Labute approximate surface area is 168 Å². The molecule has 1 unspecified atom stereocenters. The zero-order valence-electron chi connectivity index (χ0n) is 15.8. The molecule has 3 rings (SSSR count). The van der Waals surface area contributed by atoms with E-state index in [-0.39, 0.29) is 28.6 Å². The third-order valence-electron chi connectivity index (χ3n) is 4.47. The summed E-state index contributed by atoms with van der Waals surface area (Å²) < 4.78 is 0.